The van der Waals surface area contributed by atoms with Gasteiger partial charge >= 0.3 is 12.5 Å². The van der Waals surface area contributed by atoms with Crippen LogP contribution >= 0.6 is 11.6 Å². The Morgan fingerprint density at radius 3 is 2.48 bits per heavy atom. The van der Waals surface area contributed by atoms with Gasteiger partial charge in [-0.1, -0.05) is 29.8 Å². The number of halogens is 4. The van der Waals surface area contributed by atoms with Gasteiger partial charge in [-0.05, 0) is 24.3 Å². The Hall–Kier alpha value is -3.11. The van der Waals surface area contributed by atoms with E-state index in [1.807, 2.05) is 0 Å². The molecule has 0 bridgehead atoms. The lowest BCUT2D eigenvalue weighted by atomic mass is 10.1. The second kappa shape index (κ2) is 11.2. The smallest absolute Gasteiger partial charge is 0.324 e. The number of ether oxygens (including phenoxy) is 1. The Bertz CT molecular complexity index is 1030. The highest BCUT2D eigenvalue weighted by Crippen LogP contribution is 2.24. The molecule has 1 heterocycles. The van der Waals surface area contributed by atoms with Crippen LogP contribution < -0.4 is 10.2 Å². The average Bonchev–Trinajstić information content (AvgIpc) is 2.81. The maximum absolute atomic E-state index is 14.8. The number of carbonyl (C=O) groups excluding carboxylic acids is 3. The minimum Gasteiger partial charge on any atom is -0.378 e. The summed E-state index contributed by atoms with van der Waals surface area (Å²) in [6.45, 7) is 0.724. The molecule has 2 aromatic rings. The summed E-state index contributed by atoms with van der Waals surface area (Å²) in [5.41, 5.74) is 0.498. The summed E-state index contributed by atoms with van der Waals surface area (Å²) in [7, 11) is 0. The van der Waals surface area contributed by atoms with Gasteiger partial charge in [0.1, 0.15) is 5.82 Å². The lowest BCUT2D eigenvalue weighted by Gasteiger charge is -2.33. The van der Waals surface area contributed by atoms with Crippen molar-refractivity contribution in [1.82, 2.24) is 10.2 Å². The molecule has 0 aliphatic carbocycles. The molecule has 0 unspecified atom stereocenters. The molecular formula is C22H21ClF3N3O4. The number of benzene rings is 2. The number of rotatable bonds is 7. The number of alkyl halides is 2. The molecule has 0 atom stereocenters. The number of morpholine rings is 1. The summed E-state index contributed by atoms with van der Waals surface area (Å²) < 4.78 is 44.6. The number of hydrogen-bond acceptors (Lipinski definition) is 4. The van der Waals surface area contributed by atoms with E-state index in [1.165, 1.54) is 17.0 Å². The van der Waals surface area contributed by atoms with E-state index in [0.717, 1.165) is 6.07 Å². The van der Waals surface area contributed by atoms with Crippen LogP contribution in [0.25, 0.3) is 0 Å². The molecule has 3 amide bonds. The maximum atomic E-state index is 14.8. The fourth-order valence-corrected chi connectivity index (χ4v) is 3.39. The van der Waals surface area contributed by atoms with Crippen LogP contribution in [0, 0.1) is 5.82 Å². The van der Waals surface area contributed by atoms with Gasteiger partial charge in [0.2, 0.25) is 0 Å². The number of ketones is 1. The van der Waals surface area contributed by atoms with Crippen molar-refractivity contribution < 1.29 is 32.3 Å². The highest BCUT2D eigenvalue weighted by molar-refractivity contribution is 6.30. The van der Waals surface area contributed by atoms with Crippen molar-refractivity contribution in [1.29, 1.82) is 0 Å². The number of hydrogen-bond donors (Lipinski definition) is 1. The molecule has 1 saturated heterocycles. The molecule has 1 aliphatic rings. The van der Waals surface area contributed by atoms with Gasteiger partial charge in [-0.2, -0.15) is 8.78 Å². The van der Waals surface area contributed by atoms with Crippen molar-refractivity contribution in [2.75, 3.05) is 37.7 Å². The van der Waals surface area contributed by atoms with Gasteiger partial charge < -0.3 is 15.0 Å². The highest BCUT2D eigenvalue weighted by Gasteiger charge is 2.26. The first kappa shape index (κ1) is 24.5. The van der Waals surface area contributed by atoms with Gasteiger partial charge in [-0.15, -0.1) is 0 Å². The highest BCUT2D eigenvalue weighted by atomic mass is 35.5. The largest absolute Gasteiger partial charge is 0.378 e. The molecule has 0 saturated carbocycles. The molecule has 0 spiro atoms. The Morgan fingerprint density at radius 1 is 1.12 bits per heavy atom. The summed E-state index contributed by atoms with van der Waals surface area (Å²) in [6.07, 6.45) is -3.25. The van der Waals surface area contributed by atoms with Crippen molar-refractivity contribution in [2.45, 2.75) is 13.0 Å². The Kier molecular flexibility index (Phi) is 8.29. The number of amides is 3. The second-order valence-electron chi connectivity index (χ2n) is 7.20. The van der Waals surface area contributed by atoms with Crippen molar-refractivity contribution in [3.63, 3.8) is 0 Å². The van der Waals surface area contributed by atoms with Gasteiger partial charge in [0, 0.05) is 34.9 Å². The zero-order valence-electron chi connectivity index (χ0n) is 17.4. The van der Waals surface area contributed by atoms with Crippen molar-refractivity contribution in [2.24, 2.45) is 0 Å². The van der Waals surface area contributed by atoms with E-state index in [-0.39, 0.29) is 23.7 Å². The maximum Gasteiger partial charge on any atom is 0.324 e. The lowest BCUT2D eigenvalue weighted by Crippen LogP contribution is -2.48. The normalized spacial score (nSPS) is 13.7. The van der Waals surface area contributed by atoms with Crippen molar-refractivity contribution in [3.05, 3.63) is 64.4 Å². The average molecular weight is 484 g/mol. The molecular weight excluding hydrogens is 463 g/mol. The number of nitrogens with one attached hydrogen (secondary N) is 1. The number of carbonyl (C=O) groups is 3. The fraction of sp³-hybridized carbons (Fsp3) is 0.318. The topological polar surface area (TPSA) is 79.0 Å². The first-order valence-corrected chi connectivity index (χ1v) is 10.4. The third-order valence-electron chi connectivity index (χ3n) is 4.96. The SMILES string of the molecule is O=C(CNC(=O)C(F)F)c1ccc(CN(C(=O)N2CCOCC2)c2cccc(Cl)c2)c(F)c1. The predicted molar refractivity (Wildman–Crippen MR) is 115 cm³/mol. The predicted octanol–water partition coefficient (Wildman–Crippen LogP) is 3.50. The van der Waals surface area contributed by atoms with E-state index >= 15 is 0 Å². The van der Waals surface area contributed by atoms with Crippen LogP contribution in [-0.2, 0) is 16.1 Å². The Labute approximate surface area is 193 Å². The Morgan fingerprint density at radius 2 is 1.85 bits per heavy atom. The fourth-order valence-electron chi connectivity index (χ4n) is 3.20. The quantitative estimate of drug-likeness (QED) is 0.611. The summed E-state index contributed by atoms with van der Waals surface area (Å²) in [6, 6.07) is 9.81. The molecule has 1 fully saturated rings. The summed E-state index contributed by atoms with van der Waals surface area (Å²) in [5.74, 6) is -3.08. The van der Waals surface area contributed by atoms with Crippen molar-refractivity contribution >= 4 is 35.0 Å². The van der Waals surface area contributed by atoms with E-state index in [4.69, 9.17) is 16.3 Å². The zero-order valence-corrected chi connectivity index (χ0v) is 18.2. The monoisotopic (exact) mass is 483 g/mol. The van der Waals surface area contributed by atoms with Gasteiger partial charge in [-0.25, -0.2) is 9.18 Å². The summed E-state index contributed by atoms with van der Waals surface area (Å²) in [4.78, 5) is 39.2. The van der Waals surface area contributed by atoms with E-state index in [2.05, 4.69) is 0 Å². The summed E-state index contributed by atoms with van der Waals surface area (Å²) >= 11 is 6.08. The van der Waals surface area contributed by atoms with Gasteiger partial charge in [0.15, 0.2) is 5.78 Å². The first-order chi connectivity index (χ1) is 15.8. The van der Waals surface area contributed by atoms with Gasteiger partial charge in [0.25, 0.3) is 5.91 Å². The van der Waals surface area contributed by atoms with E-state index < -0.39 is 30.5 Å². The van der Waals surface area contributed by atoms with Crippen LogP contribution in [0.1, 0.15) is 15.9 Å². The Balaban J connectivity index is 1.80. The molecule has 11 heteroatoms. The molecule has 7 nitrogen and oxygen atoms in total. The van der Waals surface area contributed by atoms with E-state index in [0.29, 0.717) is 37.0 Å². The number of nitrogens with zero attached hydrogens (tertiary/aromatic N) is 2. The van der Waals surface area contributed by atoms with Crippen LogP contribution in [0.5, 0.6) is 0 Å². The molecule has 0 radical (unpaired) electrons. The third-order valence-corrected chi connectivity index (χ3v) is 5.19. The molecule has 3 rings (SSSR count). The minimum atomic E-state index is -3.25. The van der Waals surface area contributed by atoms with E-state index in [9.17, 15) is 27.6 Å². The first-order valence-electron chi connectivity index (χ1n) is 10.0. The number of anilines is 1. The molecule has 176 valence electrons. The van der Waals surface area contributed by atoms with Crippen LogP contribution in [0.2, 0.25) is 5.02 Å². The molecule has 33 heavy (non-hydrogen) atoms. The molecule has 1 N–H and O–H groups in total. The van der Waals surface area contributed by atoms with Gasteiger partial charge in [0.05, 0.1) is 26.3 Å². The summed E-state index contributed by atoms with van der Waals surface area (Å²) in [5, 5.41) is 2.19. The van der Waals surface area contributed by atoms with Crippen LogP contribution in [-0.4, -0.2) is 61.9 Å². The van der Waals surface area contributed by atoms with Gasteiger partial charge in [-0.3, -0.25) is 14.5 Å². The van der Waals surface area contributed by atoms with Crippen LogP contribution in [0.15, 0.2) is 42.5 Å². The molecule has 2 aromatic carbocycles. The molecule has 1 aliphatic heterocycles. The van der Waals surface area contributed by atoms with Crippen LogP contribution in [0.3, 0.4) is 0 Å². The minimum absolute atomic E-state index is 0.0976. The third kappa shape index (κ3) is 6.45. The van der Waals surface area contributed by atoms with Crippen molar-refractivity contribution in [3.8, 4) is 0 Å². The lowest BCUT2D eigenvalue weighted by molar-refractivity contribution is -0.131. The molecule has 0 aromatic heterocycles. The number of Topliss-reactive ketones (excluding diaryl/α,β-unsaturated/α-hetero) is 1. The number of urea groups is 1. The standard InChI is InChI=1S/C22H21ClF3N3O4/c23-16-2-1-3-17(11-16)29(22(32)28-6-8-33-9-7-28)13-15-5-4-14(10-18(15)24)19(30)12-27-21(31)20(25)26/h1-5,10-11,20H,6-9,12-13H2,(H,27,31). The van der Waals surface area contributed by atoms with E-state index in [1.54, 1.807) is 34.5 Å². The van der Waals surface area contributed by atoms with Crippen LogP contribution in [0.4, 0.5) is 23.7 Å². The second-order valence-corrected chi connectivity index (χ2v) is 7.63. The zero-order chi connectivity index (χ0) is 24.0.